The minimum absolute atomic E-state index is 0.109. The zero-order valence-electron chi connectivity index (χ0n) is 27.6. The van der Waals surface area contributed by atoms with Crippen LogP contribution in [0, 0.1) is 12.3 Å². The van der Waals surface area contributed by atoms with E-state index in [0.29, 0.717) is 16.9 Å². The maximum atomic E-state index is 11.0. The molecule has 0 fully saturated rings. The van der Waals surface area contributed by atoms with Crippen molar-refractivity contribution >= 4 is 23.5 Å². The molecule has 0 aliphatic carbocycles. The van der Waals surface area contributed by atoms with Gasteiger partial charge in [0.1, 0.15) is 11.5 Å². The van der Waals surface area contributed by atoms with Gasteiger partial charge in [0.15, 0.2) is 0 Å². The van der Waals surface area contributed by atoms with Crippen molar-refractivity contribution in [1.82, 2.24) is 0 Å². The van der Waals surface area contributed by atoms with E-state index in [9.17, 15) is 10.2 Å². The topological polar surface area (TPSA) is 40.5 Å². The van der Waals surface area contributed by atoms with Gasteiger partial charge in [-0.3, -0.25) is 0 Å². The Kier molecular flexibility index (Phi) is 13.4. The van der Waals surface area contributed by atoms with Gasteiger partial charge in [-0.15, -0.1) is 23.5 Å². The summed E-state index contributed by atoms with van der Waals surface area (Å²) in [6, 6.07) is 8.50. The molecule has 0 bridgehead atoms. The average molecular weight is 563 g/mol. The largest absolute Gasteiger partial charge is 0.507 e. The van der Waals surface area contributed by atoms with E-state index in [1.165, 1.54) is 9.79 Å². The lowest BCUT2D eigenvalue weighted by molar-refractivity contribution is 0.422. The van der Waals surface area contributed by atoms with Crippen LogP contribution in [0.4, 0.5) is 0 Å². The van der Waals surface area contributed by atoms with Crippen LogP contribution in [0.15, 0.2) is 34.1 Å². The van der Waals surface area contributed by atoms with Gasteiger partial charge in [0.05, 0.1) is 4.58 Å². The lowest BCUT2D eigenvalue weighted by atomic mass is 9.79. The van der Waals surface area contributed by atoms with Crippen molar-refractivity contribution in [3.8, 4) is 11.5 Å². The SMILES string of the molecule is CC.CC(C)(C)C.Cc1cc(SC(C)Sc2cc(C(C)(C)C)c(O)c(C(C)(C)C)c2)cc(C(C)(C)C)c1O. The standard InChI is InChI=1S/C27H40O2S2.C5H12.C2H6/c1-16-12-18(13-20(23(16)28)25(3,4)5)30-17(2)31-19-14-21(26(6,7)8)24(29)22(15-19)27(9,10)11;1-5(2,3)4;1-2/h12-15,17,28-29H,1-11H3;1-4H3;1-2H3. The van der Waals surface area contributed by atoms with Crippen LogP contribution in [0.1, 0.15) is 133 Å². The first kappa shape index (κ1) is 36.7. The highest BCUT2D eigenvalue weighted by molar-refractivity contribution is 8.17. The smallest absolute Gasteiger partial charge is 0.123 e. The summed E-state index contributed by atoms with van der Waals surface area (Å²) in [6.07, 6.45) is 0. The lowest BCUT2D eigenvalue weighted by Crippen LogP contribution is -2.17. The fourth-order valence-electron chi connectivity index (χ4n) is 3.61. The minimum Gasteiger partial charge on any atom is -0.507 e. The van der Waals surface area contributed by atoms with E-state index in [1.807, 2.05) is 44.3 Å². The summed E-state index contributed by atoms with van der Waals surface area (Å²) < 4.78 is 0.280. The number of aryl methyl sites for hydroxylation is 1. The van der Waals surface area contributed by atoms with Crippen LogP contribution in [-0.4, -0.2) is 14.8 Å². The molecule has 1 unspecified atom stereocenters. The number of aromatic hydroxyl groups is 2. The molecule has 0 saturated heterocycles. The van der Waals surface area contributed by atoms with Crippen molar-refractivity contribution in [2.75, 3.05) is 0 Å². The third-order valence-corrected chi connectivity index (χ3v) is 7.64. The number of hydrogen-bond donors (Lipinski definition) is 2. The van der Waals surface area contributed by atoms with Gasteiger partial charge in [0, 0.05) is 26.5 Å². The molecule has 0 amide bonds. The predicted molar refractivity (Wildman–Crippen MR) is 175 cm³/mol. The summed E-state index contributed by atoms with van der Waals surface area (Å²) in [6.45, 7) is 36.2. The molecule has 2 nitrogen and oxygen atoms in total. The van der Waals surface area contributed by atoms with Crippen molar-refractivity contribution in [1.29, 1.82) is 0 Å². The van der Waals surface area contributed by atoms with Gasteiger partial charge >= 0.3 is 0 Å². The molecule has 0 aromatic heterocycles. The van der Waals surface area contributed by atoms with Gasteiger partial charge < -0.3 is 10.2 Å². The molecule has 2 rings (SSSR count). The van der Waals surface area contributed by atoms with E-state index in [0.717, 1.165) is 22.3 Å². The highest BCUT2D eigenvalue weighted by atomic mass is 32.2. The van der Waals surface area contributed by atoms with Crippen molar-refractivity contribution in [2.45, 2.75) is 148 Å². The van der Waals surface area contributed by atoms with Crippen LogP contribution < -0.4 is 0 Å². The molecule has 1 atom stereocenters. The minimum atomic E-state index is -0.132. The van der Waals surface area contributed by atoms with Crippen LogP contribution in [0.5, 0.6) is 11.5 Å². The summed E-state index contributed by atoms with van der Waals surface area (Å²) in [4.78, 5) is 2.35. The van der Waals surface area contributed by atoms with Crippen LogP contribution >= 0.6 is 23.5 Å². The molecular weight excluding hydrogens is 505 g/mol. The summed E-state index contributed by atoms with van der Waals surface area (Å²) in [5.41, 5.74) is 4.02. The normalized spacial score (nSPS) is 13.2. The van der Waals surface area contributed by atoms with Crippen LogP contribution in [0.2, 0.25) is 0 Å². The van der Waals surface area contributed by atoms with E-state index < -0.39 is 0 Å². The van der Waals surface area contributed by atoms with E-state index in [2.05, 4.69) is 121 Å². The Labute approximate surface area is 244 Å². The van der Waals surface area contributed by atoms with E-state index in [4.69, 9.17) is 0 Å². The Morgan fingerprint density at radius 1 is 0.553 bits per heavy atom. The number of thioether (sulfide) groups is 2. The Bertz CT molecular complexity index is 986. The van der Waals surface area contributed by atoms with Gasteiger partial charge in [0.2, 0.25) is 0 Å². The molecule has 0 spiro atoms. The summed E-state index contributed by atoms with van der Waals surface area (Å²) in [5, 5.41) is 21.5. The number of phenolic OH excluding ortho intramolecular Hbond substituents is 2. The van der Waals surface area contributed by atoms with Crippen molar-refractivity contribution in [3.63, 3.8) is 0 Å². The van der Waals surface area contributed by atoms with Gasteiger partial charge in [-0.2, -0.15) is 0 Å². The number of benzene rings is 2. The third-order valence-electron chi connectivity index (χ3n) is 5.39. The molecule has 0 saturated carbocycles. The second-order valence-electron chi connectivity index (χ2n) is 14.6. The maximum absolute atomic E-state index is 11.0. The molecule has 4 heteroatoms. The highest BCUT2D eigenvalue weighted by Gasteiger charge is 2.27. The van der Waals surface area contributed by atoms with Crippen LogP contribution in [0.3, 0.4) is 0 Å². The second-order valence-corrected chi connectivity index (χ2v) is 17.7. The Morgan fingerprint density at radius 3 is 1.11 bits per heavy atom. The summed E-state index contributed by atoms with van der Waals surface area (Å²) >= 11 is 3.63. The first-order chi connectivity index (χ1) is 16.9. The van der Waals surface area contributed by atoms with E-state index >= 15 is 0 Å². The first-order valence-electron chi connectivity index (χ1n) is 14.0. The van der Waals surface area contributed by atoms with Crippen molar-refractivity contribution in [2.24, 2.45) is 5.41 Å². The monoisotopic (exact) mass is 562 g/mol. The van der Waals surface area contributed by atoms with Crippen LogP contribution in [-0.2, 0) is 16.2 Å². The molecule has 2 aromatic carbocycles. The summed E-state index contributed by atoms with van der Waals surface area (Å²) in [7, 11) is 0. The highest BCUT2D eigenvalue weighted by Crippen LogP contribution is 2.45. The molecule has 38 heavy (non-hydrogen) atoms. The first-order valence-corrected chi connectivity index (χ1v) is 15.7. The number of phenols is 2. The Balaban J connectivity index is 0.00000175. The van der Waals surface area contributed by atoms with Gasteiger partial charge in [0.25, 0.3) is 0 Å². The van der Waals surface area contributed by atoms with E-state index in [1.54, 1.807) is 0 Å². The fourth-order valence-corrected chi connectivity index (χ4v) is 6.04. The fraction of sp³-hybridized carbons (Fsp3) is 0.647. The van der Waals surface area contributed by atoms with Crippen molar-refractivity contribution in [3.05, 3.63) is 46.5 Å². The maximum Gasteiger partial charge on any atom is 0.123 e. The predicted octanol–water partition coefficient (Wildman–Crippen LogP) is 11.6. The number of rotatable bonds is 4. The molecule has 0 aliphatic heterocycles. The lowest BCUT2D eigenvalue weighted by Gasteiger charge is -2.28. The van der Waals surface area contributed by atoms with Gasteiger partial charge in [-0.25, -0.2) is 0 Å². The third kappa shape index (κ3) is 12.3. The average Bonchev–Trinajstić information content (AvgIpc) is 2.69. The van der Waals surface area contributed by atoms with Gasteiger partial charge in [-0.05, 0) is 65.3 Å². The Morgan fingerprint density at radius 2 is 0.816 bits per heavy atom. The molecule has 0 heterocycles. The van der Waals surface area contributed by atoms with Crippen LogP contribution in [0.25, 0.3) is 0 Å². The molecule has 2 aromatic rings. The van der Waals surface area contributed by atoms with Crippen molar-refractivity contribution < 1.29 is 10.2 Å². The number of hydrogen-bond acceptors (Lipinski definition) is 4. The quantitative estimate of drug-likeness (QED) is 0.287. The van der Waals surface area contributed by atoms with E-state index in [-0.39, 0.29) is 20.8 Å². The molecule has 0 aliphatic rings. The Hall–Kier alpha value is -1.26. The summed E-state index contributed by atoms with van der Waals surface area (Å²) in [5.74, 6) is 0.828. The zero-order valence-corrected chi connectivity index (χ0v) is 29.2. The molecule has 2 N–H and O–H groups in total. The zero-order chi connectivity index (χ0) is 30.4. The molecule has 0 radical (unpaired) electrons. The second kappa shape index (κ2) is 13.9. The van der Waals surface area contributed by atoms with Gasteiger partial charge in [-0.1, -0.05) is 104 Å². The molecular formula is C34H58O2S2. The molecule has 218 valence electrons.